The number of rotatable bonds is 6. The minimum Gasteiger partial charge on any atom is -0.368 e. The summed E-state index contributed by atoms with van der Waals surface area (Å²) in [6, 6.07) is 10.2. The van der Waals surface area contributed by atoms with Crippen LogP contribution in [-0.4, -0.2) is 36.5 Å². The standard InChI is InChI=1S/C23H20FN7O/c1-13-9-28-31-21(8-19(30-23(13)31)15-6-16(24)12-26-10-15)29-20(22(25)32)7-14-11-27-18-5-3-2-4-17(14)18/h2-6,8-12,20,27,29H,7H2,1H3,(H2,25,32). The van der Waals surface area contributed by atoms with Crippen LogP contribution >= 0.6 is 0 Å². The number of aromatic nitrogens is 5. The van der Waals surface area contributed by atoms with Crippen LogP contribution in [0.15, 0.2) is 61.2 Å². The Morgan fingerprint density at radius 1 is 1.25 bits per heavy atom. The molecule has 1 unspecified atom stereocenters. The zero-order valence-electron chi connectivity index (χ0n) is 17.2. The second kappa shape index (κ2) is 7.77. The lowest BCUT2D eigenvalue weighted by molar-refractivity contribution is -0.118. The lowest BCUT2D eigenvalue weighted by Crippen LogP contribution is -2.37. The predicted octanol–water partition coefficient (Wildman–Crippen LogP) is 3.23. The number of primary amides is 1. The zero-order chi connectivity index (χ0) is 22.2. The fourth-order valence-electron chi connectivity index (χ4n) is 3.80. The van der Waals surface area contributed by atoms with Crippen molar-refractivity contribution in [2.45, 2.75) is 19.4 Å². The summed E-state index contributed by atoms with van der Waals surface area (Å²) < 4.78 is 15.4. The Balaban J connectivity index is 1.55. The van der Waals surface area contributed by atoms with Crippen LogP contribution in [0.4, 0.5) is 10.2 Å². The molecule has 1 amide bonds. The molecule has 0 aliphatic carbocycles. The molecule has 9 heteroatoms. The van der Waals surface area contributed by atoms with Gasteiger partial charge in [0, 0.05) is 46.9 Å². The summed E-state index contributed by atoms with van der Waals surface area (Å²) in [6.45, 7) is 1.88. The Labute approximate surface area is 182 Å². The average molecular weight is 429 g/mol. The van der Waals surface area contributed by atoms with Gasteiger partial charge < -0.3 is 16.0 Å². The maximum Gasteiger partial charge on any atom is 0.240 e. The summed E-state index contributed by atoms with van der Waals surface area (Å²) in [5.74, 6) is -0.442. The summed E-state index contributed by atoms with van der Waals surface area (Å²) >= 11 is 0. The highest BCUT2D eigenvalue weighted by atomic mass is 19.1. The second-order valence-electron chi connectivity index (χ2n) is 7.64. The van der Waals surface area contributed by atoms with Crippen molar-refractivity contribution < 1.29 is 9.18 Å². The molecule has 0 saturated carbocycles. The van der Waals surface area contributed by atoms with E-state index in [2.05, 4.69) is 25.4 Å². The molecular weight excluding hydrogens is 409 g/mol. The molecule has 5 rings (SSSR count). The Morgan fingerprint density at radius 2 is 2.09 bits per heavy atom. The van der Waals surface area contributed by atoms with E-state index in [4.69, 9.17) is 5.73 Å². The first-order chi connectivity index (χ1) is 15.5. The highest BCUT2D eigenvalue weighted by Gasteiger charge is 2.21. The van der Waals surface area contributed by atoms with E-state index in [1.165, 1.54) is 12.3 Å². The molecule has 0 aliphatic heterocycles. The number of para-hydroxylation sites is 1. The fraction of sp³-hybridized carbons (Fsp3) is 0.130. The number of pyridine rings is 1. The molecule has 5 aromatic rings. The zero-order valence-corrected chi connectivity index (χ0v) is 17.2. The average Bonchev–Trinajstić information content (AvgIpc) is 3.37. The van der Waals surface area contributed by atoms with Crippen molar-refractivity contribution in [1.82, 2.24) is 24.6 Å². The van der Waals surface area contributed by atoms with E-state index in [1.54, 1.807) is 16.8 Å². The van der Waals surface area contributed by atoms with Crippen molar-refractivity contribution in [1.29, 1.82) is 0 Å². The third-order valence-corrected chi connectivity index (χ3v) is 5.41. The summed E-state index contributed by atoms with van der Waals surface area (Å²) in [4.78, 5) is 24.1. The molecule has 4 aromatic heterocycles. The van der Waals surface area contributed by atoms with Crippen LogP contribution in [0.2, 0.25) is 0 Å². The highest BCUT2D eigenvalue weighted by molar-refractivity contribution is 5.87. The molecule has 0 radical (unpaired) electrons. The Hall–Kier alpha value is -4.27. The number of fused-ring (bicyclic) bond motifs is 2. The Kier molecular flexibility index (Phi) is 4.78. The number of aromatic amines is 1. The van der Waals surface area contributed by atoms with Crippen LogP contribution in [-0.2, 0) is 11.2 Å². The van der Waals surface area contributed by atoms with Crippen molar-refractivity contribution in [3.63, 3.8) is 0 Å². The van der Waals surface area contributed by atoms with Gasteiger partial charge in [-0.05, 0) is 24.6 Å². The number of halogens is 1. The van der Waals surface area contributed by atoms with Gasteiger partial charge in [-0.3, -0.25) is 9.78 Å². The van der Waals surface area contributed by atoms with E-state index in [1.807, 2.05) is 37.4 Å². The molecule has 32 heavy (non-hydrogen) atoms. The molecule has 8 nitrogen and oxygen atoms in total. The number of aryl methyl sites for hydroxylation is 1. The summed E-state index contributed by atoms with van der Waals surface area (Å²) in [6.07, 6.45) is 6.61. The number of H-pyrrole nitrogens is 1. The molecule has 0 aliphatic rings. The van der Waals surface area contributed by atoms with Crippen LogP contribution in [0, 0.1) is 12.7 Å². The van der Waals surface area contributed by atoms with Gasteiger partial charge in [0.05, 0.1) is 18.1 Å². The Morgan fingerprint density at radius 3 is 2.91 bits per heavy atom. The number of nitrogens with two attached hydrogens (primary N) is 1. The first kappa shape index (κ1) is 19.7. The maximum absolute atomic E-state index is 13.8. The summed E-state index contributed by atoms with van der Waals surface area (Å²) in [5.41, 5.74) is 10.1. The number of hydrogen-bond donors (Lipinski definition) is 3. The lowest BCUT2D eigenvalue weighted by Gasteiger charge is -2.18. The molecular formula is C23H20FN7O. The molecule has 4 heterocycles. The van der Waals surface area contributed by atoms with Gasteiger partial charge >= 0.3 is 0 Å². The van der Waals surface area contributed by atoms with Gasteiger partial charge in [0.2, 0.25) is 5.91 Å². The van der Waals surface area contributed by atoms with Crippen LogP contribution in [0.25, 0.3) is 27.8 Å². The molecule has 160 valence electrons. The van der Waals surface area contributed by atoms with Gasteiger partial charge in [0.1, 0.15) is 17.7 Å². The van der Waals surface area contributed by atoms with E-state index >= 15 is 0 Å². The molecule has 0 bridgehead atoms. The van der Waals surface area contributed by atoms with Gasteiger partial charge in [0.15, 0.2) is 5.65 Å². The van der Waals surface area contributed by atoms with Gasteiger partial charge in [-0.25, -0.2) is 9.37 Å². The van der Waals surface area contributed by atoms with Crippen molar-refractivity contribution >= 4 is 28.3 Å². The van der Waals surface area contributed by atoms with Crippen molar-refractivity contribution in [2.75, 3.05) is 5.32 Å². The maximum atomic E-state index is 13.8. The number of carbonyl (C=O) groups excluding carboxylic acids is 1. The van der Waals surface area contributed by atoms with Crippen molar-refractivity contribution in [2.24, 2.45) is 5.73 Å². The molecule has 0 fully saturated rings. The van der Waals surface area contributed by atoms with E-state index in [9.17, 15) is 9.18 Å². The topological polar surface area (TPSA) is 114 Å². The van der Waals surface area contributed by atoms with Gasteiger partial charge in [-0.15, -0.1) is 0 Å². The largest absolute Gasteiger partial charge is 0.368 e. The molecule has 0 spiro atoms. The van der Waals surface area contributed by atoms with E-state index < -0.39 is 17.8 Å². The SMILES string of the molecule is Cc1cnn2c(NC(Cc3c[nH]c4ccccc34)C(N)=O)cc(-c3cncc(F)c3)nc12. The smallest absolute Gasteiger partial charge is 0.240 e. The third kappa shape index (κ3) is 3.53. The van der Waals surface area contributed by atoms with Crippen LogP contribution < -0.4 is 11.1 Å². The third-order valence-electron chi connectivity index (χ3n) is 5.41. The second-order valence-corrected chi connectivity index (χ2v) is 7.64. The number of nitrogens with zero attached hydrogens (tertiary/aromatic N) is 4. The van der Waals surface area contributed by atoms with Crippen LogP contribution in [0.5, 0.6) is 0 Å². The molecule has 1 atom stereocenters. The minimum atomic E-state index is -0.706. The minimum absolute atomic E-state index is 0.375. The van der Waals surface area contributed by atoms with Crippen LogP contribution in [0.3, 0.4) is 0 Å². The highest BCUT2D eigenvalue weighted by Crippen LogP contribution is 2.25. The first-order valence-corrected chi connectivity index (χ1v) is 10.1. The van der Waals surface area contributed by atoms with E-state index in [0.29, 0.717) is 29.1 Å². The van der Waals surface area contributed by atoms with Gasteiger partial charge in [-0.2, -0.15) is 9.61 Å². The number of anilines is 1. The van der Waals surface area contributed by atoms with Gasteiger partial charge in [0.25, 0.3) is 0 Å². The summed E-state index contributed by atoms with van der Waals surface area (Å²) in [7, 11) is 0. The van der Waals surface area contributed by atoms with E-state index in [-0.39, 0.29) is 0 Å². The predicted molar refractivity (Wildman–Crippen MR) is 120 cm³/mol. The normalized spacial score (nSPS) is 12.3. The van der Waals surface area contributed by atoms with Gasteiger partial charge in [-0.1, -0.05) is 18.2 Å². The number of benzene rings is 1. The number of hydrogen-bond acceptors (Lipinski definition) is 5. The fourth-order valence-corrected chi connectivity index (χ4v) is 3.80. The Bertz CT molecular complexity index is 1460. The van der Waals surface area contributed by atoms with Crippen molar-refractivity contribution in [3.05, 3.63) is 78.1 Å². The van der Waals surface area contributed by atoms with Crippen molar-refractivity contribution in [3.8, 4) is 11.3 Å². The van der Waals surface area contributed by atoms with Crippen LogP contribution in [0.1, 0.15) is 11.1 Å². The molecule has 1 aromatic carbocycles. The first-order valence-electron chi connectivity index (χ1n) is 10.1. The number of nitrogens with one attached hydrogen (secondary N) is 2. The molecule has 0 saturated heterocycles. The number of amides is 1. The summed E-state index contributed by atoms with van der Waals surface area (Å²) in [5, 5.41) is 8.62. The quantitative estimate of drug-likeness (QED) is 0.383. The van der Waals surface area contributed by atoms with E-state index in [0.717, 1.165) is 28.2 Å². The molecule has 4 N–H and O–H groups in total. The lowest BCUT2D eigenvalue weighted by atomic mass is 10.0. The monoisotopic (exact) mass is 429 g/mol. The number of carbonyl (C=O) groups is 1.